The lowest BCUT2D eigenvalue weighted by molar-refractivity contribution is 0.145. The number of hydrogen-bond donors (Lipinski definition) is 1. The topological polar surface area (TPSA) is 70.3 Å². The molecule has 31 heavy (non-hydrogen) atoms. The van der Waals surface area contributed by atoms with Crippen LogP contribution in [0.4, 0.5) is 10.2 Å². The van der Waals surface area contributed by atoms with Gasteiger partial charge < -0.3 is 10.0 Å². The van der Waals surface area contributed by atoms with E-state index in [2.05, 4.69) is 24.9 Å². The number of hydrogen-bond acceptors (Lipinski definition) is 6. The van der Waals surface area contributed by atoms with E-state index in [9.17, 15) is 9.50 Å². The summed E-state index contributed by atoms with van der Waals surface area (Å²) in [6.45, 7) is 6.83. The first kappa shape index (κ1) is 23.1. The van der Waals surface area contributed by atoms with Gasteiger partial charge in [-0.3, -0.25) is 14.6 Å². The molecule has 1 N–H and O–H groups in total. The number of benzene rings is 1. The largest absolute Gasteiger partial charge is 0.391 e. The van der Waals surface area contributed by atoms with E-state index in [4.69, 9.17) is 0 Å². The van der Waals surface area contributed by atoms with E-state index in [0.717, 1.165) is 61.8 Å². The van der Waals surface area contributed by atoms with Gasteiger partial charge in [-0.2, -0.15) is 5.10 Å². The maximum Gasteiger partial charge on any atom is 0.155 e. The Hall–Kier alpha value is -2.55. The van der Waals surface area contributed by atoms with Gasteiger partial charge >= 0.3 is 0 Å². The van der Waals surface area contributed by atoms with Gasteiger partial charge in [-0.05, 0) is 30.7 Å². The summed E-state index contributed by atoms with van der Waals surface area (Å²) in [6, 6.07) is 6.38. The highest BCUT2D eigenvalue weighted by molar-refractivity contribution is 5.85. The molecule has 1 aliphatic heterocycles. The van der Waals surface area contributed by atoms with Crippen molar-refractivity contribution in [1.82, 2.24) is 24.6 Å². The van der Waals surface area contributed by atoms with Gasteiger partial charge in [0.1, 0.15) is 11.5 Å². The maximum absolute atomic E-state index is 13.3. The molecule has 1 atom stereocenters. The number of nitrogens with zero attached hydrogens (tertiary/aromatic N) is 6. The normalized spacial score (nSPS) is 15.5. The molecule has 2 aromatic heterocycles. The highest BCUT2D eigenvalue weighted by Gasteiger charge is 2.22. The average Bonchev–Trinajstić information content (AvgIpc) is 3.21. The van der Waals surface area contributed by atoms with Crippen molar-refractivity contribution in [2.24, 2.45) is 0 Å². The molecule has 3 heterocycles. The van der Waals surface area contributed by atoms with Crippen molar-refractivity contribution in [2.45, 2.75) is 32.5 Å². The minimum absolute atomic E-state index is 0. The number of aliphatic hydroxyl groups is 1. The molecular formula is C22H28ClFN6O. The quantitative estimate of drug-likeness (QED) is 0.601. The second-order valence-electron chi connectivity index (χ2n) is 7.63. The van der Waals surface area contributed by atoms with Gasteiger partial charge in [0, 0.05) is 62.4 Å². The fourth-order valence-electron chi connectivity index (χ4n) is 3.68. The van der Waals surface area contributed by atoms with Gasteiger partial charge in [-0.15, -0.1) is 12.4 Å². The Bertz CT molecular complexity index is 959. The molecule has 1 saturated heterocycles. The molecule has 3 aromatic rings. The summed E-state index contributed by atoms with van der Waals surface area (Å²) >= 11 is 0. The Morgan fingerprint density at radius 3 is 2.48 bits per heavy atom. The molecule has 1 aliphatic rings. The van der Waals surface area contributed by atoms with Crippen LogP contribution in [0.15, 0.2) is 49.1 Å². The summed E-state index contributed by atoms with van der Waals surface area (Å²) in [6.07, 6.45) is 7.63. The Labute approximate surface area is 188 Å². The van der Waals surface area contributed by atoms with Crippen LogP contribution in [0.1, 0.15) is 18.9 Å². The molecule has 7 nitrogen and oxygen atoms in total. The minimum Gasteiger partial charge on any atom is -0.391 e. The van der Waals surface area contributed by atoms with Crippen LogP contribution in [0.5, 0.6) is 0 Å². The minimum atomic E-state index is -0.358. The first-order valence-electron chi connectivity index (χ1n) is 10.4. The third-order valence-corrected chi connectivity index (χ3v) is 5.43. The SMILES string of the molecule is CCC(O)Cn1cc(CN2CCN(c3nccnc3-c3ccc(F)cc3)CC2)cn1.Cl. The summed E-state index contributed by atoms with van der Waals surface area (Å²) in [5.74, 6) is 0.579. The van der Waals surface area contributed by atoms with Crippen molar-refractivity contribution in [3.05, 3.63) is 60.4 Å². The first-order chi connectivity index (χ1) is 14.6. The Morgan fingerprint density at radius 1 is 1.06 bits per heavy atom. The van der Waals surface area contributed by atoms with Crippen molar-refractivity contribution >= 4 is 18.2 Å². The number of anilines is 1. The molecule has 166 valence electrons. The van der Waals surface area contributed by atoms with Crippen LogP contribution in [-0.4, -0.2) is 62.0 Å². The van der Waals surface area contributed by atoms with Crippen molar-refractivity contribution in [3.8, 4) is 11.3 Å². The van der Waals surface area contributed by atoms with E-state index in [1.807, 2.05) is 24.0 Å². The van der Waals surface area contributed by atoms with Crippen LogP contribution in [0, 0.1) is 5.82 Å². The zero-order valence-electron chi connectivity index (χ0n) is 17.6. The van der Waals surface area contributed by atoms with Crippen LogP contribution >= 0.6 is 12.4 Å². The second kappa shape index (κ2) is 10.7. The smallest absolute Gasteiger partial charge is 0.155 e. The summed E-state index contributed by atoms with van der Waals surface area (Å²) in [7, 11) is 0. The summed E-state index contributed by atoms with van der Waals surface area (Å²) < 4.78 is 15.1. The molecule has 9 heteroatoms. The zero-order valence-corrected chi connectivity index (χ0v) is 18.4. The number of piperazine rings is 1. The fourth-order valence-corrected chi connectivity index (χ4v) is 3.68. The molecule has 4 rings (SSSR count). The number of aliphatic hydroxyl groups excluding tert-OH is 1. The Kier molecular flexibility index (Phi) is 7.95. The Morgan fingerprint density at radius 2 is 1.77 bits per heavy atom. The molecule has 1 aromatic carbocycles. The van der Waals surface area contributed by atoms with E-state index in [0.29, 0.717) is 6.54 Å². The van der Waals surface area contributed by atoms with E-state index >= 15 is 0 Å². The second-order valence-corrected chi connectivity index (χ2v) is 7.63. The monoisotopic (exact) mass is 446 g/mol. The number of aromatic nitrogens is 4. The van der Waals surface area contributed by atoms with Crippen LogP contribution in [-0.2, 0) is 13.1 Å². The van der Waals surface area contributed by atoms with Gasteiger partial charge in [-0.25, -0.2) is 9.37 Å². The van der Waals surface area contributed by atoms with Gasteiger partial charge in [0.25, 0.3) is 0 Å². The Balaban J connectivity index is 0.00000272. The van der Waals surface area contributed by atoms with E-state index < -0.39 is 0 Å². The van der Waals surface area contributed by atoms with E-state index in [1.165, 1.54) is 12.1 Å². The van der Waals surface area contributed by atoms with Crippen LogP contribution in [0.3, 0.4) is 0 Å². The molecule has 0 aliphatic carbocycles. The van der Waals surface area contributed by atoms with Crippen molar-refractivity contribution < 1.29 is 9.50 Å². The van der Waals surface area contributed by atoms with Crippen molar-refractivity contribution in [2.75, 3.05) is 31.1 Å². The highest BCUT2D eigenvalue weighted by Crippen LogP contribution is 2.27. The van der Waals surface area contributed by atoms with Gasteiger partial charge in [0.15, 0.2) is 5.82 Å². The molecule has 0 amide bonds. The molecule has 1 unspecified atom stereocenters. The molecule has 0 saturated carbocycles. The average molecular weight is 447 g/mol. The zero-order chi connectivity index (χ0) is 20.9. The lowest BCUT2D eigenvalue weighted by Gasteiger charge is -2.35. The third kappa shape index (κ3) is 5.78. The van der Waals surface area contributed by atoms with E-state index in [1.54, 1.807) is 24.5 Å². The predicted octanol–water partition coefficient (Wildman–Crippen LogP) is 2.99. The van der Waals surface area contributed by atoms with Gasteiger partial charge in [-0.1, -0.05) is 6.92 Å². The summed E-state index contributed by atoms with van der Waals surface area (Å²) in [5, 5.41) is 14.1. The summed E-state index contributed by atoms with van der Waals surface area (Å²) in [4.78, 5) is 13.7. The van der Waals surface area contributed by atoms with Crippen molar-refractivity contribution in [1.29, 1.82) is 0 Å². The predicted molar refractivity (Wildman–Crippen MR) is 121 cm³/mol. The van der Waals surface area contributed by atoms with Gasteiger partial charge in [0.05, 0.1) is 18.8 Å². The molecule has 0 spiro atoms. The van der Waals surface area contributed by atoms with Crippen LogP contribution in [0.2, 0.25) is 0 Å². The van der Waals surface area contributed by atoms with Gasteiger partial charge in [0.2, 0.25) is 0 Å². The fraction of sp³-hybridized carbons (Fsp3) is 0.409. The number of halogens is 2. The molecule has 1 fully saturated rings. The lowest BCUT2D eigenvalue weighted by atomic mass is 10.1. The third-order valence-electron chi connectivity index (χ3n) is 5.43. The van der Waals surface area contributed by atoms with E-state index in [-0.39, 0.29) is 24.3 Å². The molecule has 0 bridgehead atoms. The maximum atomic E-state index is 13.3. The molecule has 0 radical (unpaired) electrons. The van der Waals surface area contributed by atoms with Crippen LogP contribution in [0.25, 0.3) is 11.3 Å². The number of rotatable bonds is 7. The van der Waals surface area contributed by atoms with Crippen LogP contribution < -0.4 is 4.90 Å². The standard InChI is InChI=1S/C22H27FN6O.ClH/c1-2-20(30)16-29-15-17(13-26-29)14-27-9-11-28(12-10-27)22-21(24-7-8-25-22)18-3-5-19(23)6-4-18;/h3-8,13,15,20,30H,2,9-12,14,16H2,1H3;1H. The lowest BCUT2D eigenvalue weighted by Crippen LogP contribution is -2.46. The highest BCUT2D eigenvalue weighted by atomic mass is 35.5. The summed E-state index contributed by atoms with van der Waals surface area (Å²) in [5.41, 5.74) is 2.79. The first-order valence-corrected chi connectivity index (χ1v) is 10.4. The van der Waals surface area contributed by atoms with Crippen molar-refractivity contribution in [3.63, 3.8) is 0 Å². The molecular weight excluding hydrogens is 419 g/mol.